The minimum Gasteiger partial charge on any atom is -0.488 e. The Hall–Kier alpha value is -2.54. The average Bonchev–Trinajstić information content (AvgIpc) is 2.64. The Labute approximate surface area is 165 Å². The molecule has 7 nitrogen and oxygen atoms in total. The van der Waals surface area contributed by atoms with E-state index in [1.54, 1.807) is 0 Å². The van der Waals surface area contributed by atoms with Crippen molar-refractivity contribution in [1.82, 2.24) is 10.2 Å². The van der Waals surface area contributed by atoms with Crippen LogP contribution in [0.1, 0.15) is 44.4 Å². The van der Waals surface area contributed by atoms with Gasteiger partial charge < -0.3 is 24.8 Å². The summed E-state index contributed by atoms with van der Waals surface area (Å²) in [5.41, 5.74) is 3.36. The zero-order valence-corrected chi connectivity index (χ0v) is 16.9. The monoisotopic (exact) mass is 388 g/mol. The fourth-order valence-electron chi connectivity index (χ4n) is 3.44. The number of ketones is 1. The summed E-state index contributed by atoms with van der Waals surface area (Å²) in [4.78, 5) is 25.7. The maximum atomic E-state index is 11.9. The van der Waals surface area contributed by atoms with Crippen LogP contribution in [0, 0.1) is 0 Å². The number of fused-ring (bicyclic) bond motifs is 1. The SMILES string of the molecule is CCOC1=C(N2CCc3ccc(CNC(=O)OC(C)(C)C)cc3C2)C(O)C1=O. The molecule has 1 heterocycles. The van der Waals surface area contributed by atoms with Crippen LogP contribution in [0.3, 0.4) is 0 Å². The molecule has 1 unspecified atom stereocenters. The molecule has 0 spiro atoms. The second kappa shape index (κ2) is 7.83. The quantitative estimate of drug-likeness (QED) is 0.805. The van der Waals surface area contributed by atoms with Crippen LogP contribution in [0.15, 0.2) is 29.7 Å². The molecule has 0 bridgehead atoms. The maximum Gasteiger partial charge on any atom is 0.407 e. The number of aliphatic hydroxyl groups is 1. The largest absolute Gasteiger partial charge is 0.488 e. The maximum absolute atomic E-state index is 11.9. The third-order valence-electron chi connectivity index (χ3n) is 4.71. The molecule has 1 atom stereocenters. The van der Waals surface area contributed by atoms with Crippen molar-refractivity contribution in [2.24, 2.45) is 0 Å². The smallest absolute Gasteiger partial charge is 0.407 e. The normalized spacial score (nSPS) is 19.1. The van der Waals surface area contributed by atoms with Gasteiger partial charge in [-0.05, 0) is 50.8 Å². The van der Waals surface area contributed by atoms with E-state index in [4.69, 9.17) is 9.47 Å². The zero-order valence-electron chi connectivity index (χ0n) is 16.9. The number of hydrogen-bond donors (Lipinski definition) is 2. The van der Waals surface area contributed by atoms with Gasteiger partial charge in [0.15, 0.2) is 11.9 Å². The highest BCUT2D eigenvalue weighted by Crippen LogP contribution is 2.33. The molecule has 0 fully saturated rings. The Morgan fingerprint density at radius 3 is 2.75 bits per heavy atom. The summed E-state index contributed by atoms with van der Waals surface area (Å²) >= 11 is 0. The molecule has 1 aliphatic carbocycles. The number of nitrogens with zero attached hydrogens (tertiary/aromatic N) is 1. The number of nitrogens with one attached hydrogen (secondary N) is 1. The van der Waals surface area contributed by atoms with E-state index >= 15 is 0 Å². The van der Waals surface area contributed by atoms with Gasteiger partial charge in [-0.15, -0.1) is 0 Å². The lowest BCUT2D eigenvalue weighted by Crippen LogP contribution is -2.47. The molecule has 0 saturated carbocycles. The first-order valence-electron chi connectivity index (χ1n) is 9.61. The van der Waals surface area contributed by atoms with Gasteiger partial charge in [0.1, 0.15) is 5.60 Å². The highest BCUT2D eigenvalue weighted by molar-refractivity contribution is 6.06. The van der Waals surface area contributed by atoms with Crippen molar-refractivity contribution < 1.29 is 24.2 Å². The second-order valence-electron chi connectivity index (χ2n) is 8.04. The molecule has 0 aromatic heterocycles. The number of rotatable bonds is 5. The van der Waals surface area contributed by atoms with Gasteiger partial charge in [-0.1, -0.05) is 18.2 Å². The third kappa shape index (κ3) is 4.30. The molecule has 0 radical (unpaired) electrons. The summed E-state index contributed by atoms with van der Waals surface area (Å²) in [6.07, 6.45) is -0.728. The van der Waals surface area contributed by atoms with Gasteiger partial charge >= 0.3 is 6.09 Å². The molecule has 0 saturated heterocycles. The number of benzene rings is 1. The Balaban J connectivity index is 1.69. The minimum absolute atomic E-state index is 0.279. The number of ether oxygens (including phenoxy) is 2. The van der Waals surface area contributed by atoms with E-state index < -0.39 is 17.8 Å². The molecule has 152 valence electrons. The third-order valence-corrected chi connectivity index (χ3v) is 4.71. The number of carbonyl (C=O) groups is 2. The van der Waals surface area contributed by atoms with Gasteiger partial charge in [-0.3, -0.25) is 4.79 Å². The predicted octanol–water partition coefficient (Wildman–Crippen LogP) is 2.26. The molecule has 7 heteroatoms. The Kier molecular flexibility index (Phi) is 5.65. The van der Waals surface area contributed by atoms with Crippen LogP contribution >= 0.6 is 0 Å². The molecular weight excluding hydrogens is 360 g/mol. The van der Waals surface area contributed by atoms with Crippen molar-refractivity contribution in [3.63, 3.8) is 0 Å². The first-order chi connectivity index (χ1) is 13.2. The van der Waals surface area contributed by atoms with E-state index in [0.717, 1.165) is 24.1 Å². The molecular formula is C21H28N2O5. The van der Waals surface area contributed by atoms with Gasteiger partial charge in [0.05, 0.1) is 12.3 Å². The van der Waals surface area contributed by atoms with E-state index in [1.807, 2.05) is 44.7 Å². The zero-order chi connectivity index (χ0) is 20.5. The van der Waals surface area contributed by atoms with Crippen LogP contribution in [-0.4, -0.2) is 46.7 Å². The standard InChI is InChI=1S/C21H28N2O5/c1-5-27-19-16(17(24)18(19)25)23-9-8-14-7-6-13(10-15(14)12-23)11-22-20(26)28-21(2,3)4/h6-7,10,17,24H,5,8-9,11-12H2,1-4H3,(H,22,26). The second-order valence-corrected chi connectivity index (χ2v) is 8.04. The summed E-state index contributed by atoms with van der Waals surface area (Å²) in [5.74, 6) is -0.0702. The van der Waals surface area contributed by atoms with Crippen LogP contribution < -0.4 is 5.32 Å². The van der Waals surface area contributed by atoms with Gasteiger partial charge in [0.25, 0.3) is 0 Å². The van der Waals surface area contributed by atoms with E-state index in [-0.39, 0.29) is 11.5 Å². The van der Waals surface area contributed by atoms with Crippen LogP contribution in [0.5, 0.6) is 0 Å². The number of alkyl carbamates (subject to hydrolysis) is 1. The molecule has 1 aromatic carbocycles. The lowest BCUT2D eigenvalue weighted by atomic mass is 9.91. The van der Waals surface area contributed by atoms with Gasteiger partial charge in [0.2, 0.25) is 5.78 Å². The summed E-state index contributed by atoms with van der Waals surface area (Å²) in [5, 5.41) is 12.8. The Morgan fingerprint density at radius 2 is 2.07 bits per heavy atom. The van der Waals surface area contributed by atoms with Crippen LogP contribution in [-0.2, 0) is 33.8 Å². The molecule has 2 N–H and O–H groups in total. The molecule has 2 aliphatic rings. The van der Waals surface area contributed by atoms with Gasteiger partial charge in [-0.25, -0.2) is 4.79 Å². The number of hydrogen-bond acceptors (Lipinski definition) is 6. The summed E-state index contributed by atoms with van der Waals surface area (Å²) in [6, 6.07) is 6.12. The fourth-order valence-corrected chi connectivity index (χ4v) is 3.44. The number of carbonyl (C=O) groups excluding carboxylic acids is 2. The number of Topliss-reactive ketones (excluding diaryl/α,β-unsaturated/α-hetero) is 1. The van der Waals surface area contributed by atoms with Crippen LogP contribution in [0.25, 0.3) is 0 Å². The van der Waals surface area contributed by atoms with Gasteiger partial charge in [-0.2, -0.15) is 0 Å². The van der Waals surface area contributed by atoms with E-state index in [0.29, 0.717) is 25.4 Å². The summed E-state index contributed by atoms with van der Waals surface area (Å²) in [7, 11) is 0. The predicted molar refractivity (Wildman–Crippen MR) is 103 cm³/mol. The highest BCUT2D eigenvalue weighted by atomic mass is 16.6. The van der Waals surface area contributed by atoms with Crippen molar-refractivity contribution in [2.75, 3.05) is 13.2 Å². The number of aliphatic hydroxyl groups excluding tert-OH is 1. The average molecular weight is 388 g/mol. The summed E-state index contributed by atoms with van der Waals surface area (Å²) in [6.45, 7) is 9.36. The van der Waals surface area contributed by atoms with E-state index in [9.17, 15) is 14.7 Å². The minimum atomic E-state index is -1.10. The molecule has 3 rings (SSSR count). The fraction of sp³-hybridized carbons (Fsp3) is 0.524. The Morgan fingerprint density at radius 1 is 1.32 bits per heavy atom. The summed E-state index contributed by atoms with van der Waals surface area (Å²) < 4.78 is 10.7. The number of amides is 1. The first kappa shape index (κ1) is 20.2. The molecule has 1 amide bonds. The topological polar surface area (TPSA) is 88.1 Å². The van der Waals surface area contributed by atoms with Gasteiger partial charge in [0, 0.05) is 19.6 Å². The van der Waals surface area contributed by atoms with Crippen molar-refractivity contribution in [1.29, 1.82) is 0 Å². The van der Waals surface area contributed by atoms with Crippen LogP contribution in [0.4, 0.5) is 4.79 Å². The van der Waals surface area contributed by atoms with Crippen molar-refractivity contribution in [2.45, 2.75) is 58.9 Å². The molecule has 28 heavy (non-hydrogen) atoms. The molecule has 1 aliphatic heterocycles. The van der Waals surface area contributed by atoms with Crippen molar-refractivity contribution in [3.05, 3.63) is 46.3 Å². The highest BCUT2D eigenvalue weighted by Gasteiger charge is 2.43. The molecule has 1 aromatic rings. The van der Waals surface area contributed by atoms with Crippen molar-refractivity contribution >= 4 is 11.9 Å². The first-order valence-corrected chi connectivity index (χ1v) is 9.61. The lowest BCUT2D eigenvalue weighted by molar-refractivity contribution is -0.131. The van der Waals surface area contributed by atoms with Crippen LogP contribution in [0.2, 0.25) is 0 Å². The Bertz CT molecular complexity index is 810. The lowest BCUT2D eigenvalue weighted by Gasteiger charge is -2.39. The van der Waals surface area contributed by atoms with E-state index in [2.05, 4.69) is 11.4 Å². The van der Waals surface area contributed by atoms with E-state index in [1.165, 1.54) is 5.56 Å². The van der Waals surface area contributed by atoms with Crippen molar-refractivity contribution in [3.8, 4) is 0 Å².